The fourth-order valence-electron chi connectivity index (χ4n) is 2.30. The van der Waals surface area contributed by atoms with Crippen LogP contribution in [0, 0.1) is 0 Å². The molecular weight excluding hydrogens is 274 g/mol. The predicted octanol–water partition coefficient (Wildman–Crippen LogP) is 3.17. The van der Waals surface area contributed by atoms with E-state index in [-0.39, 0.29) is 0 Å². The molecule has 1 N–H and O–H groups in total. The van der Waals surface area contributed by atoms with Crippen molar-refractivity contribution in [3.05, 3.63) is 47.0 Å². The molecule has 20 heavy (non-hydrogen) atoms. The second-order valence-electron chi connectivity index (χ2n) is 5.06. The van der Waals surface area contributed by atoms with E-state index in [4.69, 9.17) is 16.3 Å². The largest absolute Gasteiger partial charge is 0.487 e. The fraction of sp³-hybridized carbons (Fsp3) is 0.400. The molecular formula is C15H18ClN3O. The van der Waals surface area contributed by atoms with E-state index in [0.717, 1.165) is 22.0 Å². The van der Waals surface area contributed by atoms with E-state index in [0.29, 0.717) is 19.2 Å². The van der Waals surface area contributed by atoms with Crippen LogP contribution in [-0.2, 0) is 13.2 Å². The Bertz CT molecular complexity index is 593. The summed E-state index contributed by atoms with van der Waals surface area (Å²) in [6, 6.07) is 6.37. The number of hydrogen-bond donors (Lipinski definition) is 1. The molecule has 1 aliphatic carbocycles. The van der Waals surface area contributed by atoms with E-state index in [1.165, 1.54) is 12.8 Å². The molecule has 3 rings (SSSR count). The molecule has 5 heteroatoms. The molecule has 0 saturated heterocycles. The van der Waals surface area contributed by atoms with Crippen LogP contribution in [0.4, 0.5) is 0 Å². The zero-order valence-electron chi connectivity index (χ0n) is 11.5. The van der Waals surface area contributed by atoms with Gasteiger partial charge in [-0.2, -0.15) is 0 Å². The molecule has 0 spiro atoms. The first-order valence-corrected chi connectivity index (χ1v) is 7.23. The lowest BCUT2D eigenvalue weighted by Gasteiger charge is -2.13. The number of imidazole rings is 1. The van der Waals surface area contributed by atoms with Crippen LogP contribution in [0.15, 0.2) is 30.7 Å². The quantitative estimate of drug-likeness (QED) is 0.888. The molecule has 1 saturated carbocycles. The van der Waals surface area contributed by atoms with Crippen LogP contribution in [0.1, 0.15) is 30.1 Å². The molecule has 1 heterocycles. The van der Waals surface area contributed by atoms with Crippen molar-refractivity contribution in [2.45, 2.75) is 32.0 Å². The summed E-state index contributed by atoms with van der Waals surface area (Å²) in [7, 11) is 1.90. The number of hydrogen-bond acceptors (Lipinski definition) is 3. The summed E-state index contributed by atoms with van der Waals surface area (Å²) in [5.41, 5.74) is 2.11. The Morgan fingerprint density at radius 1 is 1.45 bits per heavy atom. The molecule has 1 fully saturated rings. The molecule has 4 nitrogen and oxygen atoms in total. The van der Waals surface area contributed by atoms with E-state index in [1.54, 1.807) is 0 Å². The van der Waals surface area contributed by atoms with Crippen molar-refractivity contribution in [1.82, 2.24) is 14.9 Å². The van der Waals surface area contributed by atoms with Gasteiger partial charge in [-0.1, -0.05) is 17.7 Å². The van der Waals surface area contributed by atoms with Gasteiger partial charge in [0.05, 0.1) is 18.2 Å². The van der Waals surface area contributed by atoms with E-state index in [2.05, 4.69) is 14.9 Å². The van der Waals surface area contributed by atoms with Gasteiger partial charge in [0.2, 0.25) is 0 Å². The number of nitrogens with one attached hydrogen (secondary N) is 1. The van der Waals surface area contributed by atoms with E-state index >= 15 is 0 Å². The van der Waals surface area contributed by atoms with Gasteiger partial charge in [0, 0.05) is 23.2 Å². The lowest BCUT2D eigenvalue weighted by atomic mass is 10.2. The molecule has 0 bridgehead atoms. The van der Waals surface area contributed by atoms with Crippen molar-refractivity contribution < 1.29 is 4.74 Å². The number of benzene rings is 1. The maximum absolute atomic E-state index is 6.22. The van der Waals surface area contributed by atoms with Crippen LogP contribution in [0.25, 0.3) is 0 Å². The minimum atomic E-state index is 0.521. The molecule has 0 amide bonds. The Kier molecular flexibility index (Phi) is 3.94. The van der Waals surface area contributed by atoms with Gasteiger partial charge in [-0.25, -0.2) is 4.98 Å². The topological polar surface area (TPSA) is 39.1 Å². The SMILES string of the molecule is CNCc1c(Cl)cccc1OCc1cncn1C1CC1. The Morgan fingerprint density at radius 3 is 3.05 bits per heavy atom. The highest BCUT2D eigenvalue weighted by Gasteiger charge is 2.25. The number of halogens is 1. The monoisotopic (exact) mass is 291 g/mol. The van der Waals surface area contributed by atoms with Gasteiger partial charge in [-0.15, -0.1) is 0 Å². The minimum absolute atomic E-state index is 0.521. The van der Waals surface area contributed by atoms with E-state index < -0.39 is 0 Å². The van der Waals surface area contributed by atoms with Gasteiger partial charge < -0.3 is 14.6 Å². The third-order valence-electron chi connectivity index (χ3n) is 3.49. The summed E-state index contributed by atoms with van der Waals surface area (Å²) in [4.78, 5) is 4.22. The zero-order chi connectivity index (χ0) is 13.9. The molecule has 1 aliphatic rings. The summed E-state index contributed by atoms with van der Waals surface area (Å²) in [5.74, 6) is 0.829. The number of aromatic nitrogens is 2. The van der Waals surface area contributed by atoms with E-state index in [9.17, 15) is 0 Å². The summed E-state index contributed by atoms with van der Waals surface area (Å²) in [6.07, 6.45) is 6.25. The second-order valence-corrected chi connectivity index (χ2v) is 5.47. The Labute approximate surface area is 123 Å². The first kappa shape index (κ1) is 13.5. The van der Waals surface area contributed by atoms with Crippen LogP contribution >= 0.6 is 11.6 Å². The van der Waals surface area contributed by atoms with Gasteiger partial charge in [0.1, 0.15) is 12.4 Å². The first-order chi connectivity index (χ1) is 9.79. The normalized spacial score (nSPS) is 14.5. The van der Waals surface area contributed by atoms with Crippen molar-refractivity contribution in [1.29, 1.82) is 0 Å². The van der Waals surface area contributed by atoms with Crippen molar-refractivity contribution >= 4 is 11.6 Å². The maximum atomic E-state index is 6.22. The smallest absolute Gasteiger partial charge is 0.130 e. The summed E-state index contributed by atoms with van der Waals surface area (Å²) in [5, 5.41) is 3.85. The van der Waals surface area contributed by atoms with Gasteiger partial charge >= 0.3 is 0 Å². The zero-order valence-corrected chi connectivity index (χ0v) is 12.2. The predicted molar refractivity (Wildman–Crippen MR) is 79.0 cm³/mol. The van der Waals surface area contributed by atoms with Crippen LogP contribution in [0.2, 0.25) is 5.02 Å². The lowest BCUT2D eigenvalue weighted by molar-refractivity contribution is 0.291. The Balaban J connectivity index is 1.74. The van der Waals surface area contributed by atoms with Crippen molar-refractivity contribution in [3.8, 4) is 5.75 Å². The number of rotatable bonds is 6. The van der Waals surface area contributed by atoms with Gasteiger partial charge in [0.25, 0.3) is 0 Å². The third kappa shape index (κ3) is 2.81. The van der Waals surface area contributed by atoms with Crippen LogP contribution in [0.3, 0.4) is 0 Å². The van der Waals surface area contributed by atoms with Crippen LogP contribution in [-0.4, -0.2) is 16.6 Å². The maximum Gasteiger partial charge on any atom is 0.130 e. The molecule has 1 aromatic carbocycles. The van der Waals surface area contributed by atoms with E-state index in [1.807, 2.05) is 37.8 Å². The summed E-state index contributed by atoms with van der Waals surface area (Å²) >= 11 is 6.22. The average molecular weight is 292 g/mol. The second kappa shape index (κ2) is 5.85. The van der Waals surface area contributed by atoms with Gasteiger partial charge in [-0.05, 0) is 32.0 Å². The standard InChI is InChI=1S/C15H18ClN3O/c1-17-8-13-14(16)3-2-4-15(13)20-9-12-7-18-10-19(12)11-5-6-11/h2-4,7,10-11,17H,5-6,8-9H2,1H3. The van der Waals surface area contributed by atoms with Gasteiger partial charge in [-0.3, -0.25) is 0 Å². The molecule has 1 aromatic heterocycles. The molecule has 106 valence electrons. The first-order valence-electron chi connectivity index (χ1n) is 6.85. The Hall–Kier alpha value is -1.52. The van der Waals surface area contributed by atoms with Crippen molar-refractivity contribution in [2.24, 2.45) is 0 Å². The van der Waals surface area contributed by atoms with Crippen LogP contribution < -0.4 is 10.1 Å². The molecule has 0 radical (unpaired) electrons. The molecule has 2 aromatic rings. The van der Waals surface area contributed by atoms with Gasteiger partial charge in [0.15, 0.2) is 0 Å². The van der Waals surface area contributed by atoms with Crippen molar-refractivity contribution in [3.63, 3.8) is 0 Å². The fourth-order valence-corrected chi connectivity index (χ4v) is 2.53. The highest BCUT2D eigenvalue weighted by atomic mass is 35.5. The van der Waals surface area contributed by atoms with Crippen LogP contribution in [0.5, 0.6) is 5.75 Å². The number of ether oxygens (including phenoxy) is 1. The summed E-state index contributed by atoms with van der Waals surface area (Å²) in [6.45, 7) is 1.21. The molecule has 0 aliphatic heterocycles. The highest BCUT2D eigenvalue weighted by Crippen LogP contribution is 2.36. The highest BCUT2D eigenvalue weighted by molar-refractivity contribution is 6.31. The number of nitrogens with zero attached hydrogens (tertiary/aromatic N) is 2. The Morgan fingerprint density at radius 2 is 2.30 bits per heavy atom. The minimum Gasteiger partial charge on any atom is -0.487 e. The lowest BCUT2D eigenvalue weighted by Crippen LogP contribution is -2.09. The average Bonchev–Trinajstić information content (AvgIpc) is 3.19. The summed E-state index contributed by atoms with van der Waals surface area (Å²) < 4.78 is 8.16. The van der Waals surface area contributed by atoms with Crippen molar-refractivity contribution in [2.75, 3.05) is 7.05 Å². The molecule has 0 atom stereocenters. The third-order valence-corrected chi connectivity index (χ3v) is 3.85. The molecule has 0 unspecified atom stereocenters.